The van der Waals surface area contributed by atoms with Crippen molar-refractivity contribution in [3.8, 4) is 17.0 Å². The van der Waals surface area contributed by atoms with Gasteiger partial charge < -0.3 is 9.47 Å². The molecule has 0 N–H and O–H groups in total. The Bertz CT molecular complexity index is 1360. The summed E-state index contributed by atoms with van der Waals surface area (Å²) in [4.78, 5) is 4.48. The van der Waals surface area contributed by atoms with Gasteiger partial charge in [-0.05, 0) is 65.6 Å². The molecule has 0 amide bonds. The van der Waals surface area contributed by atoms with E-state index in [0.29, 0.717) is 22.9 Å². The largest absolute Gasteiger partial charge is 0.478 e. The first-order chi connectivity index (χ1) is 17.6. The van der Waals surface area contributed by atoms with Gasteiger partial charge in [0, 0.05) is 24.3 Å². The fourth-order valence-electron chi connectivity index (χ4n) is 3.98. The Kier molecular flexibility index (Phi) is 8.02. The summed E-state index contributed by atoms with van der Waals surface area (Å²) in [5.74, 6) is -4.02. The fraction of sp³-hybridized carbons (Fsp3) is 0.250. The second-order valence-corrected chi connectivity index (χ2v) is 8.56. The van der Waals surface area contributed by atoms with Crippen LogP contribution in [0.5, 0.6) is 5.75 Å². The van der Waals surface area contributed by atoms with Gasteiger partial charge in [-0.25, -0.2) is 13.2 Å². The molecule has 4 aromatic rings. The van der Waals surface area contributed by atoms with Crippen LogP contribution in [0.3, 0.4) is 0 Å². The van der Waals surface area contributed by atoms with Gasteiger partial charge in [0.2, 0.25) is 0 Å². The summed E-state index contributed by atoms with van der Waals surface area (Å²) in [6, 6.07) is 14.3. The van der Waals surface area contributed by atoms with Crippen LogP contribution in [0.4, 0.5) is 26.3 Å². The van der Waals surface area contributed by atoms with Crippen LogP contribution >= 0.6 is 0 Å². The lowest BCUT2D eigenvalue weighted by molar-refractivity contribution is -0.154. The lowest BCUT2D eigenvalue weighted by atomic mass is 9.98. The summed E-state index contributed by atoms with van der Waals surface area (Å²) >= 11 is 0. The molecule has 0 saturated carbocycles. The van der Waals surface area contributed by atoms with Gasteiger partial charge in [0.25, 0.3) is 0 Å². The molecule has 0 fully saturated rings. The van der Waals surface area contributed by atoms with E-state index in [9.17, 15) is 22.0 Å². The minimum atomic E-state index is -4.73. The number of rotatable bonds is 9. The molecule has 3 aromatic carbocycles. The minimum Gasteiger partial charge on any atom is -0.478 e. The molecular formula is C28H23F6NO2. The Morgan fingerprint density at radius 2 is 1.57 bits per heavy atom. The van der Waals surface area contributed by atoms with Gasteiger partial charge in [0.15, 0.2) is 24.0 Å². The number of hydrogen-bond acceptors (Lipinski definition) is 3. The van der Waals surface area contributed by atoms with Gasteiger partial charge in [0.05, 0.1) is 12.3 Å². The molecule has 0 aliphatic rings. The zero-order valence-electron chi connectivity index (χ0n) is 19.8. The Labute approximate surface area is 209 Å². The van der Waals surface area contributed by atoms with E-state index < -0.39 is 36.0 Å². The van der Waals surface area contributed by atoms with Crippen LogP contribution in [0.2, 0.25) is 0 Å². The normalized spacial score (nSPS) is 11.8. The average molecular weight is 519 g/mol. The monoisotopic (exact) mass is 519 g/mol. The summed E-state index contributed by atoms with van der Waals surface area (Å²) in [7, 11) is 1.64. The van der Waals surface area contributed by atoms with Gasteiger partial charge in [0.1, 0.15) is 5.82 Å². The van der Waals surface area contributed by atoms with Gasteiger partial charge in [-0.1, -0.05) is 30.3 Å². The van der Waals surface area contributed by atoms with Crippen molar-refractivity contribution in [3.05, 3.63) is 94.9 Å². The highest BCUT2D eigenvalue weighted by Crippen LogP contribution is 2.29. The molecule has 1 heterocycles. The number of hydrogen-bond donors (Lipinski definition) is 0. The minimum absolute atomic E-state index is 0.0766. The van der Waals surface area contributed by atoms with Crippen LogP contribution in [-0.2, 0) is 24.0 Å². The van der Waals surface area contributed by atoms with Crippen LogP contribution in [0.25, 0.3) is 22.0 Å². The maximum atomic E-state index is 15.2. The number of methoxy groups -OCH3 is 1. The number of aromatic nitrogens is 1. The van der Waals surface area contributed by atoms with Gasteiger partial charge in [-0.3, -0.25) is 4.98 Å². The molecule has 0 atom stereocenters. The van der Waals surface area contributed by atoms with Crippen molar-refractivity contribution in [2.75, 3.05) is 20.3 Å². The van der Waals surface area contributed by atoms with Crippen LogP contribution < -0.4 is 4.74 Å². The van der Waals surface area contributed by atoms with Crippen LogP contribution in [-0.4, -0.2) is 31.5 Å². The Balaban J connectivity index is 1.48. The van der Waals surface area contributed by atoms with Crippen molar-refractivity contribution in [3.63, 3.8) is 0 Å². The van der Waals surface area contributed by atoms with Crippen LogP contribution in [0.15, 0.2) is 60.8 Å². The molecule has 0 radical (unpaired) electrons. The van der Waals surface area contributed by atoms with Gasteiger partial charge in [-0.15, -0.1) is 0 Å². The van der Waals surface area contributed by atoms with Crippen molar-refractivity contribution in [1.82, 2.24) is 4.98 Å². The number of ether oxygens (including phenoxy) is 2. The Morgan fingerprint density at radius 1 is 0.811 bits per heavy atom. The van der Waals surface area contributed by atoms with Crippen molar-refractivity contribution in [1.29, 1.82) is 0 Å². The standard InChI is InChI=1S/C28H23F6NO2/c1-36-11-10-17-3-9-25(35-15-17)21-7-8-22-20(14-21)6-5-19(26(22)31)4-2-18-12-23(29)27(24(30)13-18)37-16-28(32,33)34/h3,5-9,12-15H,2,4,10-11,16H2,1H3. The van der Waals surface area contributed by atoms with Crippen molar-refractivity contribution in [2.24, 2.45) is 0 Å². The predicted molar refractivity (Wildman–Crippen MR) is 128 cm³/mol. The van der Waals surface area contributed by atoms with Crippen molar-refractivity contribution < 1.29 is 35.8 Å². The molecule has 9 heteroatoms. The summed E-state index contributed by atoms with van der Waals surface area (Å²) in [5.41, 5.74) is 3.14. The second-order valence-electron chi connectivity index (χ2n) is 8.56. The first kappa shape index (κ1) is 26.5. The average Bonchev–Trinajstić information content (AvgIpc) is 2.86. The van der Waals surface area contributed by atoms with Crippen molar-refractivity contribution >= 4 is 10.8 Å². The molecule has 3 nitrogen and oxygen atoms in total. The van der Waals surface area contributed by atoms with Crippen molar-refractivity contribution in [2.45, 2.75) is 25.4 Å². The predicted octanol–water partition coefficient (Wildman–Crippen LogP) is 7.23. The molecular weight excluding hydrogens is 496 g/mol. The molecule has 0 spiro atoms. The number of fused-ring (bicyclic) bond motifs is 1. The zero-order valence-corrected chi connectivity index (χ0v) is 19.8. The maximum Gasteiger partial charge on any atom is 0.422 e. The molecule has 4 rings (SSSR count). The number of pyridine rings is 1. The quantitative estimate of drug-likeness (QED) is 0.219. The number of halogens is 6. The highest BCUT2D eigenvalue weighted by atomic mass is 19.4. The first-order valence-corrected chi connectivity index (χ1v) is 11.5. The zero-order chi connectivity index (χ0) is 26.6. The fourth-order valence-corrected chi connectivity index (χ4v) is 3.98. The number of alkyl halides is 3. The third-order valence-corrected chi connectivity index (χ3v) is 5.87. The van der Waals surface area contributed by atoms with E-state index >= 15 is 4.39 Å². The maximum absolute atomic E-state index is 15.2. The third-order valence-electron chi connectivity index (χ3n) is 5.87. The summed E-state index contributed by atoms with van der Waals surface area (Å²) < 4.78 is 89.7. The topological polar surface area (TPSA) is 31.4 Å². The molecule has 37 heavy (non-hydrogen) atoms. The summed E-state index contributed by atoms with van der Waals surface area (Å²) in [6.07, 6.45) is -1.98. The van der Waals surface area contributed by atoms with E-state index in [1.807, 2.05) is 18.2 Å². The van der Waals surface area contributed by atoms with Crippen LogP contribution in [0, 0.1) is 17.5 Å². The van der Waals surface area contributed by atoms with E-state index in [1.165, 1.54) is 0 Å². The SMILES string of the molecule is COCCc1ccc(-c2ccc3c(F)c(CCc4cc(F)c(OCC(F)(F)F)c(F)c4)ccc3c2)nc1. The second kappa shape index (κ2) is 11.2. The summed E-state index contributed by atoms with van der Waals surface area (Å²) in [5, 5.41) is 1.07. The van der Waals surface area contributed by atoms with E-state index in [1.54, 1.807) is 37.6 Å². The summed E-state index contributed by atoms with van der Waals surface area (Å²) in [6.45, 7) is -1.20. The molecule has 0 unspecified atom stereocenters. The van der Waals surface area contributed by atoms with E-state index in [4.69, 9.17) is 4.74 Å². The molecule has 0 aliphatic carbocycles. The van der Waals surface area contributed by atoms with Gasteiger partial charge in [-0.2, -0.15) is 13.2 Å². The molecule has 1 aromatic heterocycles. The third kappa shape index (κ3) is 6.60. The van der Waals surface area contributed by atoms with E-state index in [2.05, 4.69) is 9.72 Å². The molecule has 0 bridgehead atoms. The number of nitrogens with zero attached hydrogens (tertiary/aromatic N) is 1. The van der Waals surface area contributed by atoms with E-state index in [-0.39, 0.29) is 18.4 Å². The lowest BCUT2D eigenvalue weighted by Gasteiger charge is -2.12. The highest BCUT2D eigenvalue weighted by molar-refractivity contribution is 5.88. The van der Waals surface area contributed by atoms with Gasteiger partial charge >= 0.3 is 6.18 Å². The first-order valence-electron chi connectivity index (χ1n) is 11.5. The molecule has 0 saturated heterocycles. The molecule has 194 valence electrons. The molecule has 0 aliphatic heterocycles. The smallest absolute Gasteiger partial charge is 0.422 e. The number of benzene rings is 3. The van der Waals surface area contributed by atoms with Crippen LogP contribution in [0.1, 0.15) is 16.7 Å². The highest BCUT2D eigenvalue weighted by Gasteiger charge is 2.30. The Hall–Kier alpha value is -3.59. The Morgan fingerprint density at radius 3 is 2.22 bits per heavy atom. The lowest BCUT2D eigenvalue weighted by Crippen LogP contribution is -2.20. The number of aryl methyl sites for hydroxylation is 2. The van der Waals surface area contributed by atoms with E-state index in [0.717, 1.165) is 35.4 Å².